The van der Waals surface area contributed by atoms with Gasteiger partial charge < -0.3 is 5.11 Å². The number of aliphatic hydroxyl groups is 1. The molecule has 0 aromatic rings. The van der Waals surface area contributed by atoms with Gasteiger partial charge >= 0.3 is 0 Å². The molecule has 1 rings (SSSR count). The second kappa shape index (κ2) is 4.98. The van der Waals surface area contributed by atoms with Crippen LogP contribution in [0.3, 0.4) is 0 Å². The normalized spacial score (nSPS) is 31.1. The Kier molecular flexibility index (Phi) is 4.15. The van der Waals surface area contributed by atoms with E-state index >= 15 is 0 Å². The SMILES string of the molecule is CCC1=CC(O)(CC)C(CC)C(CC)=C1. The van der Waals surface area contributed by atoms with Crippen molar-refractivity contribution >= 4 is 0 Å². The van der Waals surface area contributed by atoms with E-state index in [1.165, 1.54) is 11.1 Å². The van der Waals surface area contributed by atoms with Gasteiger partial charge in [-0.05, 0) is 37.3 Å². The van der Waals surface area contributed by atoms with Crippen LogP contribution in [0.2, 0.25) is 0 Å². The number of allylic oxidation sites excluding steroid dienone is 2. The Hall–Kier alpha value is -0.560. The third kappa shape index (κ3) is 2.34. The maximum Gasteiger partial charge on any atom is 0.0895 e. The molecule has 0 aliphatic heterocycles. The topological polar surface area (TPSA) is 20.2 Å². The highest BCUT2D eigenvalue weighted by Crippen LogP contribution is 2.39. The Balaban J connectivity index is 3.08. The molecule has 1 N–H and O–H groups in total. The summed E-state index contributed by atoms with van der Waals surface area (Å²) in [6, 6.07) is 0. The molecule has 0 fully saturated rings. The van der Waals surface area contributed by atoms with Gasteiger partial charge in [0.15, 0.2) is 0 Å². The maximum atomic E-state index is 10.6. The number of hydrogen-bond donors (Lipinski definition) is 1. The van der Waals surface area contributed by atoms with Crippen LogP contribution >= 0.6 is 0 Å². The van der Waals surface area contributed by atoms with E-state index in [2.05, 4.69) is 39.8 Å². The van der Waals surface area contributed by atoms with Crippen molar-refractivity contribution in [2.45, 2.75) is 59.0 Å². The summed E-state index contributed by atoms with van der Waals surface area (Å²) in [5, 5.41) is 10.6. The van der Waals surface area contributed by atoms with Crippen molar-refractivity contribution in [1.82, 2.24) is 0 Å². The van der Waals surface area contributed by atoms with Crippen LogP contribution in [0.25, 0.3) is 0 Å². The lowest BCUT2D eigenvalue weighted by molar-refractivity contribution is 0.0338. The Morgan fingerprint density at radius 3 is 2.27 bits per heavy atom. The molecule has 86 valence electrons. The molecular formula is C14H24O. The van der Waals surface area contributed by atoms with E-state index in [4.69, 9.17) is 0 Å². The summed E-state index contributed by atoms with van der Waals surface area (Å²) in [7, 11) is 0. The van der Waals surface area contributed by atoms with Gasteiger partial charge in [0.25, 0.3) is 0 Å². The Morgan fingerprint density at radius 2 is 1.87 bits per heavy atom. The highest BCUT2D eigenvalue weighted by atomic mass is 16.3. The molecule has 1 nitrogen and oxygen atoms in total. The Morgan fingerprint density at radius 1 is 1.20 bits per heavy atom. The van der Waals surface area contributed by atoms with E-state index in [0.29, 0.717) is 5.92 Å². The van der Waals surface area contributed by atoms with Crippen LogP contribution in [0.1, 0.15) is 53.4 Å². The standard InChI is InChI=1S/C14H24O/c1-5-11-9-12(6-2)13(7-3)14(15,8-4)10-11/h9-10,13,15H,5-8H2,1-4H3. The first-order valence-corrected chi connectivity index (χ1v) is 6.25. The minimum atomic E-state index is -0.597. The predicted molar refractivity (Wildman–Crippen MR) is 65.8 cm³/mol. The molecule has 0 aromatic heterocycles. The number of hydrogen-bond acceptors (Lipinski definition) is 1. The molecule has 2 atom stereocenters. The summed E-state index contributed by atoms with van der Waals surface area (Å²) in [5.41, 5.74) is 2.11. The summed E-state index contributed by atoms with van der Waals surface area (Å²) < 4.78 is 0. The average molecular weight is 208 g/mol. The van der Waals surface area contributed by atoms with E-state index in [0.717, 1.165) is 25.7 Å². The fourth-order valence-electron chi connectivity index (χ4n) is 2.64. The van der Waals surface area contributed by atoms with Crippen molar-refractivity contribution < 1.29 is 5.11 Å². The van der Waals surface area contributed by atoms with Crippen molar-refractivity contribution in [1.29, 1.82) is 0 Å². The van der Waals surface area contributed by atoms with Crippen molar-refractivity contribution in [3.8, 4) is 0 Å². The van der Waals surface area contributed by atoms with Gasteiger partial charge in [-0.15, -0.1) is 0 Å². The average Bonchev–Trinajstić information content (AvgIpc) is 2.27. The minimum absolute atomic E-state index is 0.322. The van der Waals surface area contributed by atoms with E-state index < -0.39 is 5.60 Å². The minimum Gasteiger partial charge on any atom is -0.385 e. The zero-order chi connectivity index (χ0) is 11.5. The highest BCUT2D eigenvalue weighted by Gasteiger charge is 2.36. The van der Waals surface area contributed by atoms with Gasteiger partial charge in [0.05, 0.1) is 5.60 Å². The third-order valence-corrected chi connectivity index (χ3v) is 3.65. The molecular weight excluding hydrogens is 184 g/mol. The van der Waals surface area contributed by atoms with Crippen LogP contribution in [0.4, 0.5) is 0 Å². The monoisotopic (exact) mass is 208 g/mol. The molecule has 0 aromatic carbocycles. The second-order valence-electron chi connectivity index (χ2n) is 4.45. The fraction of sp³-hybridized carbons (Fsp3) is 0.714. The lowest BCUT2D eigenvalue weighted by Gasteiger charge is -2.38. The summed E-state index contributed by atoms with van der Waals surface area (Å²) in [6.45, 7) is 8.58. The first kappa shape index (κ1) is 12.5. The molecule has 1 heteroatoms. The molecule has 0 heterocycles. The lowest BCUT2D eigenvalue weighted by atomic mass is 9.72. The van der Waals surface area contributed by atoms with E-state index in [9.17, 15) is 5.11 Å². The first-order valence-electron chi connectivity index (χ1n) is 6.25. The second-order valence-corrected chi connectivity index (χ2v) is 4.45. The summed E-state index contributed by atoms with van der Waals surface area (Å²) in [4.78, 5) is 0. The van der Waals surface area contributed by atoms with Gasteiger partial charge in [0.1, 0.15) is 0 Å². The van der Waals surface area contributed by atoms with Gasteiger partial charge in [-0.1, -0.05) is 39.3 Å². The smallest absolute Gasteiger partial charge is 0.0895 e. The molecule has 0 spiro atoms. The van der Waals surface area contributed by atoms with Crippen molar-refractivity contribution in [2.24, 2.45) is 5.92 Å². The van der Waals surface area contributed by atoms with Gasteiger partial charge in [-0.3, -0.25) is 0 Å². The van der Waals surface area contributed by atoms with Crippen LogP contribution in [0, 0.1) is 5.92 Å². The predicted octanol–water partition coefficient (Wildman–Crippen LogP) is 3.84. The van der Waals surface area contributed by atoms with Crippen LogP contribution in [0.15, 0.2) is 23.3 Å². The van der Waals surface area contributed by atoms with Gasteiger partial charge in [0, 0.05) is 5.92 Å². The zero-order valence-corrected chi connectivity index (χ0v) is 10.5. The van der Waals surface area contributed by atoms with Crippen LogP contribution in [-0.2, 0) is 0 Å². The lowest BCUT2D eigenvalue weighted by Crippen LogP contribution is -2.38. The largest absolute Gasteiger partial charge is 0.385 e. The molecule has 0 bridgehead atoms. The summed E-state index contributed by atoms with van der Waals surface area (Å²) >= 11 is 0. The van der Waals surface area contributed by atoms with E-state index in [-0.39, 0.29) is 0 Å². The summed E-state index contributed by atoms with van der Waals surface area (Å²) in [5.74, 6) is 0.322. The van der Waals surface area contributed by atoms with Crippen molar-refractivity contribution in [2.75, 3.05) is 0 Å². The van der Waals surface area contributed by atoms with Gasteiger partial charge in [-0.25, -0.2) is 0 Å². The third-order valence-electron chi connectivity index (χ3n) is 3.65. The molecule has 15 heavy (non-hydrogen) atoms. The number of rotatable bonds is 4. The highest BCUT2D eigenvalue weighted by molar-refractivity contribution is 5.35. The molecule has 1 aliphatic rings. The van der Waals surface area contributed by atoms with Crippen LogP contribution < -0.4 is 0 Å². The molecule has 2 unspecified atom stereocenters. The van der Waals surface area contributed by atoms with Crippen LogP contribution in [0.5, 0.6) is 0 Å². The molecule has 0 saturated heterocycles. The Labute approximate surface area is 93.9 Å². The van der Waals surface area contributed by atoms with Crippen molar-refractivity contribution in [3.05, 3.63) is 23.3 Å². The molecule has 0 radical (unpaired) electrons. The van der Waals surface area contributed by atoms with Crippen molar-refractivity contribution in [3.63, 3.8) is 0 Å². The van der Waals surface area contributed by atoms with E-state index in [1.807, 2.05) is 0 Å². The summed E-state index contributed by atoms with van der Waals surface area (Å²) in [6.07, 6.45) is 8.28. The molecule has 0 saturated carbocycles. The Bertz CT molecular complexity index is 275. The van der Waals surface area contributed by atoms with Crippen LogP contribution in [-0.4, -0.2) is 10.7 Å². The van der Waals surface area contributed by atoms with E-state index in [1.54, 1.807) is 0 Å². The molecule has 0 amide bonds. The quantitative estimate of drug-likeness (QED) is 0.744. The molecule has 1 aliphatic carbocycles. The maximum absolute atomic E-state index is 10.6. The zero-order valence-electron chi connectivity index (χ0n) is 10.5. The first-order chi connectivity index (χ1) is 7.11. The van der Waals surface area contributed by atoms with Gasteiger partial charge in [0.2, 0.25) is 0 Å². The fourth-order valence-corrected chi connectivity index (χ4v) is 2.64. The van der Waals surface area contributed by atoms with Gasteiger partial charge in [-0.2, -0.15) is 0 Å².